The highest BCUT2D eigenvalue weighted by Gasteiger charge is 2.47. The number of carbonyl (C=O) groups excluding carboxylic acids is 2. The van der Waals surface area contributed by atoms with Gasteiger partial charge in [-0.15, -0.1) is 0 Å². The van der Waals surface area contributed by atoms with Crippen LogP contribution in [0.15, 0.2) is 24.7 Å². The molecule has 1 saturated heterocycles. The molecule has 5 N–H and O–H groups in total. The summed E-state index contributed by atoms with van der Waals surface area (Å²) in [5.74, 6) is 3.97. The van der Waals surface area contributed by atoms with Gasteiger partial charge in [-0.05, 0) is 31.9 Å². The van der Waals surface area contributed by atoms with E-state index in [2.05, 4.69) is 37.1 Å². The van der Waals surface area contributed by atoms with E-state index in [4.69, 9.17) is 10.5 Å². The van der Waals surface area contributed by atoms with Crippen molar-refractivity contribution in [1.82, 2.24) is 34.7 Å². The Balaban J connectivity index is 1.60. The van der Waals surface area contributed by atoms with Gasteiger partial charge < -0.3 is 30.9 Å². The van der Waals surface area contributed by atoms with Crippen molar-refractivity contribution in [2.75, 3.05) is 19.3 Å². The van der Waals surface area contributed by atoms with E-state index in [9.17, 15) is 24.2 Å². The Morgan fingerprint density at radius 2 is 2.03 bits per heavy atom. The highest BCUT2D eigenvalue weighted by molar-refractivity contribution is 5.94. The van der Waals surface area contributed by atoms with Gasteiger partial charge in [0.2, 0.25) is 11.8 Å². The standard InChI is InChI=1S/C23H25FN8O5/c1-11(2)31(22(36)12-6-7-13(24)27-9-12)8-4-5-14-29-19(25)15-20(30-14)32(10-28-15)23-17(34)16(33)18(37-23)21(35)26-3/h6-7,9-11,16-18,23,33-34H,8H2,1-3H3,(H,26,35)(H2,25,29,30)/t16-,17?,18-,23+/m0/s1. The molecule has 0 saturated carbocycles. The Kier molecular flexibility index (Phi) is 7.30. The molecule has 0 radical (unpaired) electrons. The number of hydrogen-bond donors (Lipinski definition) is 4. The SMILES string of the molecule is CNC(=O)[C@H]1O[C@@H](n2cnc3c(N)nc(C#CCN(C(=O)c4ccc(F)nc4)C(C)C)nc32)C(O)[C@@H]1O. The maximum Gasteiger partial charge on any atom is 0.256 e. The van der Waals surface area contributed by atoms with Gasteiger partial charge in [0.05, 0.1) is 18.4 Å². The number of imidazole rings is 1. The van der Waals surface area contributed by atoms with Crippen LogP contribution in [0.1, 0.15) is 36.3 Å². The molecule has 0 bridgehead atoms. The number of aliphatic hydroxyl groups is 2. The number of nitrogens with one attached hydrogen (secondary N) is 1. The maximum atomic E-state index is 13.1. The van der Waals surface area contributed by atoms with E-state index in [0.717, 1.165) is 12.3 Å². The molecular formula is C23H25FN8O5. The second-order valence-electron chi connectivity index (χ2n) is 8.50. The predicted octanol–water partition coefficient (Wildman–Crippen LogP) is -0.790. The van der Waals surface area contributed by atoms with E-state index >= 15 is 0 Å². The summed E-state index contributed by atoms with van der Waals surface area (Å²) in [5, 5.41) is 23.1. The Morgan fingerprint density at radius 3 is 2.68 bits per heavy atom. The van der Waals surface area contributed by atoms with Crippen LogP contribution in [0.4, 0.5) is 10.2 Å². The van der Waals surface area contributed by atoms with Crippen LogP contribution in [-0.4, -0.2) is 89.4 Å². The third kappa shape index (κ3) is 5.05. The van der Waals surface area contributed by atoms with Crippen LogP contribution in [0.2, 0.25) is 0 Å². The fourth-order valence-electron chi connectivity index (χ4n) is 3.79. The largest absolute Gasteiger partial charge is 0.387 e. The molecule has 37 heavy (non-hydrogen) atoms. The van der Waals surface area contributed by atoms with E-state index < -0.39 is 36.4 Å². The van der Waals surface area contributed by atoms with Gasteiger partial charge in [0, 0.05) is 19.3 Å². The molecule has 1 aliphatic heterocycles. The molecule has 0 aliphatic carbocycles. The van der Waals surface area contributed by atoms with Gasteiger partial charge in [-0.3, -0.25) is 14.2 Å². The zero-order valence-corrected chi connectivity index (χ0v) is 20.2. The summed E-state index contributed by atoms with van der Waals surface area (Å²) in [6, 6.07) is 2.23. The van der Waals surface area contributed by atoms with Crippen molar-refractivity contribution in [2.45, 2.75) is 44.4 Å². The predicted molar refractivity (Wildman–Crippen MR) is 127 cm³/mol. The Hall–Kier alpha value is -4.19. The Labute approximate surface area is 210 Å². The molecule has 1 aliphatic rings. The molecule has 3 aromatic rings. The van der Waals surface area contributed by atoms with Crippen LogP contribution in [-0.2, 0) is 9.53 Å². The van der Waals surface area contributed by atoms with Crippen LogP contribution in [0.5, 0.6) is 0 Å². The molecule has 2 amide bonds. The van der Waals surface area contributed by atoms with Crippen LogP contribution in [0.3, 0.4) is 0 Å². The number of likely N-dealkylation sites (N-methyl/N-ethyl adjacent to an activating group) is 1. The molecule has 13 nitrogen and oxygen atoms in total. The van der Waals surface area contributed by atoms with Crippen molar-refractivity contribution in [1.29, 1.82) is 0 Å². The van der Waals surface area contributed by atoms with Gasteiger partial charge >= 0.3 is 0 Å². The molecule has 4 rings (SSSR count). The summed E-state index contributed by atoms with van der Waals surface area (Å²) in [6.45, 7) is 3.63. The fourth-order valence-corrected chi connectivity index (χ4v) is 3.79. The number of anilines is 1. The second-order valence-corrected chi connectivity index (χ2v) is 8.50. The van der Waals surface area contributed by atoms with Crippen molar-refractivity contribution in [3.05, 3.63) is 42.0 Å². The van der Waals surface area contributed by atoms with E-state index in [1.54, 1.807) is 0 Å². The summed E-state index contributed by atoms with van der Waals surface area (Å²) in [6.07, 6.45) is -2.93. The lowest BCUT2D eigenvalue weighted by molar-refractivity contribution is -0.137. The summed E-state index contributed by atoms with van der Waals surface area (Å²) < 4.78 is 20.0. The maximum absolute atomic E-state index is 13.1. The minimum absolute atomic E-state index is 0.0121. The number of nitrogens with zero attached hydrogens (tertiary/aromatic N) is 6. The molecule has 14 heteroatoms. The molecular weight excluding hydrogens is 487 g/mol. The fraction of sp³-hybridized carbons (Fsp3) is 0.391. The number of amides is 2. The van der Waals surface area contributed by atoms with Crippen molar-refractivity contribution >= 4 is 28.8 Å². The van der Waals surface area contributed by atoms with E-state index in [1.165, 1.54) is 28.9 Å². The number of carbonyl (C=O) groups is 2. The lowest BCUT2D eigenvalue weighted by atomic mass is 10.1. The normalized spacial score (nSPS) is 21.1. The average molecular weight is 513 g/mol. The Bertz CT molecular complexity index is 1380. The smallest absolute Gasteiger partial charge is 0.256 e. The van der Waals surface area contributed by atoms with Crippen molar-refractivity contribution in [3.63, 3.8) is 0 Å². The molecule has 194 valence electrons. The van der Waals surface area contributed by atoms with Crippen molar-refractivity contribution in [3.8, 4) is 11.8 Å². The lowest BCUT2D eigenvalue weighted by Gasteiger charge is -2.24. The third-order valence-electron chi connectivity index (χ3n) is 5.77. The summed E-state index contributed by atoms with van der Waals surface area (Å²) in [7, 11) is 1.38. The van der Waals surface area contributed by atoms with Crippen LogP contribution in [0, 0.1) is 17.8 Å². The first-order valence-electron chi connectivity index (χ1n) is 11.3. The molecule has 3 aromatic heterocycles. The van der Waals surface area contributed by atoms with Crippen LogP contribution < -0.4 is 11.1 Å². The molecule has 0 spiro atoms. The third-order valence-corrected chi connectivity index (χ3v) is 5.77. The van der Waals surface area contributed by atoms with Gasteiger partial charge in [-0.1, -0.05) is 5.92 Å². The van der Waals surface area contributed by atoms with E-state index in [-0.39, 0.29) is 46.9 Å². The minimum Gasteiger partial charge on any atom is -0.387 e. The van der Waals surface area contributed by atoms with Crippen LogP contribution in [0.25, 0.3) is 11.2 Å². The lowest BCUT2D eigenvalue weighted by Crippen LogP contribution is -2.41. The molecule has 1 unspecified atom stereocenters. The monoisotopic (exact) mass is 512 g/mol. The Morgan fingerprint density at radius 1 is 1.27 bits per heavy atom. The number of nitrogen functional groups attached to an aromatic ring is 1. The number of rotatable bonds is 5. The van der Waals surface area contributed by atoms with Gasteiger partial charge in [-0.25, -0.2) is 19.9 Å². The highest BCUT2D eigenvalue weighted by atomic mass is 19.1. The first kappa shape index (κ1) is 25.9. The number of pyridine rings is 1. The summed E-state index contributed by atoms with van der Waals surface area (Å²) in [4.78, 5) is 42.4. The number of hydrogen-bond acceptors (Lipinski definition) is 10. The van der Waals surface area contributed by atoms with E-state index in [1.807, 2.05) is 13.8 Å². The molecule has 0 aromatic carbocycles. The first-order chi connectivity index (χ1) is 17.6. The van der Waals surface area contributed by atoms with Gasteiger partial charge in [0.25, 0.3) is 11.8 Å². The van der Waals surface area contributed by atoms with Crippen LogP contribution >= 0.6 is 0 Å². The summed E-state index contributed by atoms with van der Waals surface area (Å²) >= 11 is 0. The van der Waals surface area contributed by atoms with E-state index in [0.29, 0.717) is 0 Å². The molecule has 4 heterocycles. The molecule has 1 fully saturated rings. The average Bonchev–Trinajstić information content (AvgIpc) is 3.42. The minimum atomic E-state index is -1.48. The zero-order chi connectivity index (χ0) is 26.9. The topological polar surface area (TPSA) is 182 Å². The zero-order valence-electron chi connectivity index (χ0n) is 20.2. The highest BCUT2D eigenvalue weighted by Crippen LogP contribution is 2.32. The number of halogens is 1. The molecule has 4 atom stereocenters. The van der Waals surface area contributed by atoms with Gasteiger partial charge in [0.1, 0.15) is 17.7 Å². The second kappa shape index (κ2) is 10.4. The number of aliphatic hydroxyl groups excluding tert-OH is 2. The van der Waals surface area contributed by atoms with Crippen molar-refractivity contribution in [2.24, 2.45) is 0 Å². The first-order valence-corrected chi connectivity index (χ1v) is 11.3. The van der Waals surface area contributed by atoms with Gasteiger partial charge in [0.15, 0.2) is 23.8 Å². The number of aromatic nitrogens is 5. The van der Waals surface area contributed by atoms with Gasteiger partial charge in [-0.2, -0.15) is 4.39 Å². The summed E-state index contributed by atoms with van der Waals surface area (Å²) in [5.41, 5.74) is 6.62. The number of fused-ring (bicyclic) bond motifs is 1. The van der Waals surface area contributed by atoms with Crippen molar-refractivity contribution < 1.29 is 28.9 Å². The number of nitrogens with two attached hydrogens (primary N) is 1. The number of ether oxygens (including phenoxy) is 1. The quantitative estimate of drug-likeness (QED) is 0.250.